The maximum atomic E-state index is 12.3. The summed E-state index contributed by atoms with van der Waals surface area (Å²) in [6.45, 7) is 2.87. The van der Waals surface area contributed by atoms with E-state index in [1.165, 1.54) is 6.26 Å². The van der Waals surface area contributed by atoms with Crippen molar-refractivity contribution in [2.45, 2.75) is 13.3 Å². The highest BCUT2D eigenvalue weighted by atomic mass is 79.9. The van der Waals surface area contributed by atoms with Crippen LogP contribution in [-0.4, -0.2) is 37.4 Å². The summed E-state index contributed by atoms with van der Waals surface area (Å²) in [5.74, 6) is -0.762. The number of carbonyl (C=O) groups is 3. The third-order valence-corrected chi connectivity index (χ3v) is 5.29. The van der Waals surface area contributed by atoms with Crippen LogP contribution < -0.4 is 15.5 Å². The first-order valence-electron chi connectivity index (χ1n) is 8.61. The van der Waals surface area contributed by atoms with Gasteiger partial charge < -0.3 is 20.0 Å². The molecule has 3 rings (SSSR count). The van der Waals surface area contributed by atoms with Crippen molar-refractivity contribution in [2.24, 2.45) is 5.92 Å². The Morgan fingerprint density at radius 1 is 1.26 bits per heavy atom. The van der Waals surface area contributed by atoms with Gasteiger partial charge >= 0.3 is 0 Å². The molecule has 0 bridgehead atoms. The zero-order valence-electron chi connectivity index (χ0n) is 14.8. The molecule has 0 spiro atoms. The van der Waals surface area contributed by atoms with Crippen LogP contribution in [0.3, 0.4) is 0 Å². The number of benzene rings is 1. The fourth-order valence-electron chi connectivity index (χ4n) is 2.93. The van der Waals surface area contributed by atoms with Gasteiger partial charge in [0.2, 0.25) is 11.8 Å². The second-order valence-electron chi connectivity index (χ2n) is 6.36. The van der Waals surface area contributed by atoms with E-state index in [0.717, 1.165) is 15.7 Å². The highest BCUT2D eigenvalue weighted by molar-refractivity contribution is 9.10. The van der Waals surface area contributed by atoms with Crippen LogP contribution in [0, 0.1) is 12.8 Å². The number of hydrogen-bond acceptors (Lipinski definition) is 4. The van der Waals surface area contributed by atoms with Crippen molar-refractivity contribution in [3.05, 3.63) is 52.4 Å². The van der Waals surface area contributed by atoms with E-state index in [9.17, 15) is 14.4 Å². The summed E-state index contributed by atoms with van der Waals surface area (Å²) >= 11 is 3.44. The lowest BCUT2D eigenvalue weighted by molar-refractivity contribution is -0.126. The minimum Gasteiger partial charge on any atom is -0.459 e. The monoisotopic (exact) mass is 433 g/mol. The Hall–Kier alpha value is -2.61. The number of hydrogen-bond donors (Lipinski definition) is 2. The van der Waals surface area contributed by atoms with Gasteiger partial charge in [0.15, 0.2) is 5.76 Å². The number of carbonyl (C=O) groups excluding carboxylic acids is 3. The molecule has 7 nitrogen and oxygen atoms in total. The zero-order valence-corrected chi connectivity index (χ0v) is 16.4. The predicted molar refractivity (Wildman–Crippen MR) is 103 cm³/mol. The van der Waals surface area contributed by atoms with E-state index in [4.69, 9.17) is 4.42 Å². The number of anilines is 1. The van der Waals surface area contributed by atoms with Gasteiger partial charge in [-0.2, -0.15) is 0 Å². The van der Waals surface area contributed by atoms with Crippen LogP contribution in [0.1, 0.15) is 22.5 Å². The number of nitrogens with zero attached hydrogens (tertiary/aromatic N) is 1. The molecule has 0 radical (unpaired) electrons. The molecule has 142 valence electrons. The van der Waals surface area contributed by atoms with E-state index in [-0.39, 0.29) is 43.0 Å². The van der Waals surface area contributed by atoms with Crippen LogP contribution in [0.2, 0.25) is 0 Å². The SMILES string of the molecule is Cc1cc(N2CC(C(=O)NCCNC(=O)c3ccco3)CC2=O)ccc1Br. The van der Waals surface area contributed by atoms with Gasteiger partial charge in [0, 0.05) is 36.2 Å². The molecule has 2 N–H and O–H groups in total. The quantitative estimate of drug-likeness (QED) is 0.683. The standard InChI is InChI=1S/C19H20BrN3O4/c1-12-9-14(4-5-15(12)20)23-11-13(10-17(23)24)18(25)21-6-7-22-19(26)16-3-2-8-27-16/h2-5,8-9,13H,6-7,10-11H2,1H3,(H,21,25)(H,22,26). The number of aryl methyl sites for hydroxylation is 1. The summed E-state index contributed by atoms with van der Waals surface area (Å²) in [7, 11) is 0. The number of furan rings is 1. The van der Waals surface area contributed by atoms with Gasteiger partial charge in [-0.15, -0.1) is 0 Å². The minimum atomic E-state index is -0.401. The predicted octanol–water partition coefficient (Wildman–Crippen LogP) is 2.25. The molecular formula is C19H20BrN3O4. The van der Waals surface area contributed by atoms with E-state index >= 15 is 0 Å². The molecular weight excluding hydrogens is 414 g/mol. The fraction of sp³-hybridized carbons (Fsp3) is 0.316. The molecule has 1 aromatic heterocycles. The summed E-state index contributed by atoms with van der Waals surface area (Å²) in [5, 5.41) is 5.42. The summed E-state index contributed by atoms with van der Waals surface area (Å²) in [5.41, 5.74) is 1.82. The Labute approximate surface area is 165 Å². The molecule has 3 amide bonds. The second kappa shape index (κ2) is 8.39. The average molecular weight is 434 g/mol. The molecule has 2 aromatic rings. The fourth-order valence-corrected chi connectivity index (χ4v) is 3.18. The van der Waals surface area contributed by atoms with Crippen LogP contribution in [-0.2, 0) is 9.59 Å². The Balaban J connectivity index is 1.47. The lowest BCUT2D eigenvalue weighted by Crippen LogP contribution is -2.38. The third kappa shape index (κ3) is 4.57. The highest BCUT2D eigenvalue weighted by Crippen LogP contribution is 2.28. The maximum Gasteiger partial charge on any atom is 0.287 e. The van der Waals surface area contributed by atoms with Crippen LogP contribution >= 0.6 is 15.9 Å². The molecule has 2 heterocycles. The number of nitrogens with one attached hydrogen (secondary N) is 2. The molecule has 0 saturated carbocycles. The Morgan fingerprint density at radius 2 is 2.04 bits per heavy atom. The molecule has 1 fully saturated rings. The topological polar surface area (TPSA) is 91.7 Å². The van der Waals surface area contributed by atoms with Gasteiger partial charge in [-0.1, -0.05) is 15.9 Å². The minimum absolute atomic E-state index is 0.0667. The van der Waals surface area contributed by atoms with Gasteiger partial charge in [0.1, 0.15) is 0 Å². The van der Waals surface area contributed by atoms with Gasteiger partial charge in [0.25, 0.3) is 5.91 Å². The molecule has 1 saturated heterocycles. The molecule has 1 aliphatic rings. The normalized spacial score (nSPS) is 16.4. The molecule has 8 heteroatoms. The van der Waals surface area contributed by atoms with E-state index in [2.05, 4.69) is 26.6 Å². The highest BCUT2D eigenvalue weighted by Gasteiger charge is 2.35. The van der Waals surface area contributed by atoms with Gasteiger partial charge in [0.05, 0.1) is 12.2 Å². The molecule has 1 atom stereocenters. The van der Waals surface area contributed by atoms with Crippen LogP contribution in [0.25, 0.3) is 0 Å². The first kappa shape index (κ1) is 19.2. The third-order valence-electron chi connectivity index (χ3n) is 4.40. The Bertz CT molecular complexity index is 851. The van der Waals surface area contributed by atoms with Gasteiger partial charge in [-0.05, 0) is 42.8 Å². The molecule has 27 heavy (non-hydrogen) atoms. The number of halogens is 1. The van der Waals surface area contributed by atoms with Crippen molar-refractivity contribution in [1.29, 1.82) is 0 Å². The second-order valence-corrected chi connectivity index (χ2v) is 7.22. The summed E-state index contributed by atoms with van der Waals surface area (Å²) in [6, 6.07) is 8.88. The van der Waals surface area contributed by atoms with Crippen molar-refractivity contribution < 1.29 is 18.8 Å². The van der Waals surface area contributed by atoms with Crippen molar-refractivity contribution >= 4 is 39.3 Å². The smallest absolute Gasteiger partial charge is 0.287 e. The number of rotatable bonds is 6. The lowest BCUT2D eigenvalue weighted by atomic mass is 10.1. The first-order chi connectivity index (χ1) is 13.0. The van der Waals surface area contributed by atoms with Crippen molar-refractivity contribution in [2.75, 3.05) is 24.5 Å². The molecule has 1 aliphatic heterocycles. The molecule has 0 aliphatic carbocycles. The molecule has 1 unspecified atom stereocenters. The summed E-state index contributed by atoms with van der Waals surface area (Å²) < 4.78 is 5.97. The van der Waals surface area contributed by atoms with Crippen LogP contribution in [0.5, 0.6) is 0 Å². The lowest BCUT2D eigenvalue weighted by Gasteiger charge is -2.17. The summed E-state index contributed by atoms with van der Waals surface area (Å²) in [4.78, 5) is 38.0. The average Bonchev–Trinajstić information content (AvgIpc) is 3.30. The first-order valence-corrected chi connectivity index (χ1v) is 9.41. The maximum absolute atomic E-state index is 12.3. The van der Waals surface area contributed by atoms with E-state index in [0.29, 0.717) is 6.54 Å². The van der Waals surface area contributed by atoms with Crippen molar-refractivity contribution in [1.82, 2.24) is 10.6 Å². The largest absolute Gasteiger partial charge is 0.459 e. The Kier molecular flexibility index (Phi) is 5.95. The van der Waals surface area contributed by atoms with Crippen molar-refractivity contribution in [3.63, 3.8) is 0 Å². The zero-order chi connectivity index (χ0) is 19.4. The Morgan fingerprint density at radius 3 is 2.74 bits per heavy atom. The van der Waals surface area contributed by atoms with Crippen LogP contribution in [0.15, 0.2) is 45.5 Å². The van der Waals surface area contributed by atoms with Crippen molar-refractivity contribution in [3.8, 4) is 0 Å². The summed E-state index contributed by atoms with van der Waals surface area (Å²) in [6.07, 6.45) is 1.60. The number of amides is 3. The molecule has 1 aromatic carbocycles. The van der Waals surface area contributed by atoms with E-state index < -0.39 is 5.92 Å². The van der Waals surface area contributed by atoms with Gasteiger partial charge in [-0.25, -0.2) is 0 Å². The van der Waals surface area contributed by atoms with Gasteiger partial charge in [-0.3, -0.25) is 14.4 Å². The van der Waals surface area contributed by atoms with E-state index in [1.807, 2.05) is 25.1 Å². The van der Waals surface area contributed by atoms with E-state index in [1.54, 1.807) is 17.0 Å². The van der Waals surface area contributed by atoms with Crippen LogP contribution in [0.4, 0.5) is 5.69 Å².